The van der Waals surface area contributed by atoms with Crippen molar-refractivity contribution in [3.8, 4) is 0 Å². The summed E-state index contributed by atoms with van der Waals surface area (Å²) >= 11 is 0. The van der Waals surface area contributed by atoms with E-state index in [0.717, 1.165) is 22.1 Å². The molecular formula is C15H10N2Si. The first-order valence-corrected chi connectivity index (χ1v) is 7.20. The molecule has 84 valence electrons. The van der Waals surface area contributed by atoms with Gasteiger partial charge in [0.1, 0.15) is 0 Å². The van der Waals surface area contributed by atoms with Gasteiger partial charge in [0.15, 0.2) is 0 Å². The lowest BCUT2D eigenvalue weighted by atomic mass is 10.2. The van der Waals surface area contributed by atoms with Gasteiger partial charge in [-0.2, -0.15) is 0 Å². The smallest absolute Gasteiger partial charge is 0.0968 e. The first kappa shape index (κ1) is 9.85. The Morgan fingerprint density at radius 3 is 2.44 bits per heavy atom. The van der Waals surface area contributed by atoms with Crippen LogP contribution in [0.5, 0.6) is 0 Å². The summed E-state index contributed by atoms with van der Waals surface area (Å²) in [6, 6.07) is 16.6. The summed E-state index contributed by atoms with van der Waals surface area (Å²) < 4.78 is 0. The fourth-order valence-corrected chi connectivity index (χ4v) is 3.40. The van der Waals surface area contributed by atoms with Crippen LogP contribution < -0.4 is 0 Å². The molecule has 2 aromatic heterocycles. The molecule has 2 aromatic carbocycles. The van der Waals surface area contributed by atoms with Gasteiger partial charge < -0.3 is 0 Å². The minimum atomic E-state index is 0.235. The number of nitrogens with zero attached hydrogens (tertiary/aromatic N) is 2. The van der Waals surface area contributed by atoms with Crippen molar-refractivity contribution < 1.29 is 0 Å². The van der Waals surface area contributed by atoms with Crippen molar-refractivity contribution in [2.45, 2.75) is 0 Å². The van der Waals surface area contributed by atoms with Gasteiger partial charge in [0.2, 0.25) is 0 Å². The summed E-state index contributed by atoms with van der Waals surface area (Å²) in [6.07, 6.45) is 0. The van der Waals surface area contributed by atoms with E-state index in [-0.39, 0.29) is 9.12 Å². The van der Waals surface area contributed by atoms with Crippen LogP contribution in [0.25, 0.3) is 32.5 Å². The van der Waals surface area contributed by atoms with E-state index in [2.05, 4.69) is 34.9 Å². The third-order valence-corrected chi connectivity index (χ3v) is 4.51. The second-order valence-electron chi connectivity index (χ2n) is 4.37. The predicted octanol–water partition coefficient (Wildman–Crippen LogP) is 3.01. The molecule has 3 heteroatoms. The lowest BCUT2D eigenvalue weighted by Gasteiger charge is -2.04. The second kappa shape index (κ2) is 3.68. The van der Waals surface area contributed by atoms with Gasteiger partial charge in [-0.15, -0.1) is 0 Å². The Labute approximate surface area is 106 Å². The molecule has 4 aromatic rings. The van der Waals surface area contributed by atoms with Crippen molar-refractivity contribution in [1.82, 2.24) is 9.97 Å². The number of hydrogen-bond acceptors (Lipinski definition) is 2. The van der Waals surface area contributed by atoms with Crippen molar-refractivity contribution in [3.05, 3.63) is 54.2 Å². The normalized spacial score (nSPS) is 11.3. The van der Waals surface area contributed by atoms with Crippen LogP contribution in [0.4, 0.5) is 0 Å². The molecule has 0 aliphatic heterocycles. The van der Waals surface area contributed by atoms with E-state index in [1.165, 1.54) is 10.4 Å². The number of para-hydroxylation sites is 2. The quantitative estimate of drug-likeness (QED) is 0.271. The second-order valence-corrected chi connectivity index (χ2v) is 5.71. The highest BCUT2D eigenvalue weighted by Crippen LogP contribution is 2.23. The van der Waals surface area contributed by atoms with Gasteiger partial charge in [-0.05, 0) is 23.2 Å². The predicted molar refractivity (Wildman–Crippen MR) is 77.3 cm³/mol. The molecule has 0 amide bonds. The van der Waals surface area contributed by atoms with E-state index in [1.54, 1.807) is 0 Å². The maximum atomic E-state index is 4.78. The highest BCUT2D eigenvalue weighted by atomic mass is 28.2. The third-order valence-electron chi connectivity index (χ3n) is 3.23. The first-order chi connectivity index (χ1) is 8.92. The van der Waals surface area contributed by atoms with Gasteiger partial charge in [0.25, 0.3) is 0 Å². The highest BCUT2D eigenvalue weighted by molar-refractivity contribution is 6.47. The van der Waals surface area contributed by atoms with Gasteiger partial charge in [-0.25, -0.2) is 9.97 Å². The highest BCUT2D eigenvalue weighted by Gasteiger charge is 2.04. The molecule has 0 bridgehead atoms. The number of fused-ring (bicyclic) bond motifs is 4. The Kier molecular flexibility index (Phi) is 2.01. The zero-order valence-electron chi connectivity index (χ0n) is 9.67. The maximum Gasteiger partial charge on any atom is 0.0968 e. The monoisotopic (exact) mass is 246 g/mol. The molecule has 0 atom stereocenters. The fourth-order valence-electron chi connectivity index (χ4n) is 2.35. The molecule has 4 rings (SSSR count). The van der Waals surface area contributed by atoms with Crippen molar-refractivity contribution >= 4 is 41.6 Å². The summed E-state index contributed by atoms with van der Waals surface area (Å²) in [5.41, 5.74) is 6.20. The molecule has 0 fully saturated rings. The van der Waals surface area contributed by atoms with Gasteiger partial charge in [0, 0.05) is 14.5 Å². The molecule has 0 N–H and O–H groups in total. The molecule has 0 unspecified atom stereocenters. The standard InChI is InChI=1S/C15H10N2Si/c1-2-6-12-11(5-1)16-13-7-8-14-10(15(13)17-12)4-3-9-18-14/h1-9,18H. The third kappa shape index (κ3) is 1.37. The molecule has 0 aliphatic carbocycles. The minimum absolute atomic E-state index is 0.235. The van der Waals surface area contributed by atoms with Crippen molar-refractivity contribution in [3.63, 3.8) is 0 Å². The van der Waals surface area contributed by atoms with Crippen LogP contribution >= 0.6 is 0 Å². The van der Waals surface area contributed by atoms with Gasteiger partial charge in [-0.1, -0.05) is 36.0 Å². The molecule has 0 aliphatic rings. The van der Waals surface area contributed by atoms with Crippen LogP contribution in [-0.4, -0.2) is 19.1 Å². The molecule has 0 spiro atoms. The van der Waals surface area contributed by atoms with Crippen LogP contribution in [0, 0.1) is 0 Å². The van der Waals surface area contributed by atoms with E-state index < -0.39 is 0 Å². The summed E-state index contributed by atoms with van der Waals surface area (Å²) in [4.78, 5) is 10.9. The first-order valence-electron chi connectivity index (χ1n) is 5.96. The average Bonchev–Trinajstić information content (AvgIpc) is 2.45. The van der Waals surface area contributed by atoms with Crippen LogP contribution in [0.3, 0.4) is 0 Å². The molecule has 0 saturated heterocycles. The van der Waals surface area contributed by atoms with Crippen LogP contribution in [0.2, 0.25) is 0 Å². The molecule has 18 heavy (non-hydrogen) atoms. The zero-order chi connectivity index (χ0) is 11.9. The molecule has 0 radical (unpaired) electrons. The largest absolute Gasteiger partial charge is 0.244 e. The van der Waals surface area contributed by atoms with E-state index in [4.69, 9.17) is 4.98 Å². The summed E-state index contributed by atoms with van der Waals surface area (Å²) in [7, 11) is 0.235. The Bertz CT molecular complexity index is 881. The number of rotatable bonds is 0. The van der Waals surface area contributed by atoms with E-state index >= 15 is 0 Å². The number of hydrogen-bond donors (Lipinski definition) is 0. The number of benzene rings is 2. The molecular weight excluding hydrogens is 236 g/mol. The van der Waals surface area contributed by atoms with E-state index in [1.807, 2.05) is 24.3 Å². The van der Waals surface area contributed by atoms with Crippen molar-refractivity contribution in [1.29, 1.82) is 0 Å². The lowest BCUT2D eigenvalue weighted by Crippen LogP contribution is -1.89. The Hall–Kier alpha value is -2.13. The summed E-state index contributed by atoms with van der Waals surface area (Å²) in [5.74, 6) is 0. The zero-order valence-corrected chi connectivity index (χ0v) is 10.8. The molecule has 2 heterocycles. The fraction of sp³-hybridized carbons (Fsp3) is 0. The number of aromatic nitrogens is 2. The van der Waals surface area contributed by atoms with Crippen LogP contribution in [0.1, 0.15) is 0 Å². The van der Waals surface area contributed by atoms with Gasteiger partial charge in [0.05, 0.1) is 22.1 Å². The SMILES string of the molecule is c1ccc2nc3c(ccc4[siH]cccc43)nc2c1. The minimum Gasteiger partial charge on any atom is -0.244 e. The Morgan fingerprint density at radius 1 is 0.722 bits per heavy atom. The Balaban J connectivity index is 2.27. The van der Waals surface area contributed by atoms with Crippen molar-refractivity contribution in [2.24, 2.45) is 0 Å². The van der Waals surface area contributed by atoms with Gasteiger partial charge in [-0.3, -0.25) is 0 Å². The van der Waals surface area contributed by atoms with E-state index in [0.29, 0.717) is 0 Å². The van der Waals surface area contributed by atoms with Gasteiger partial charge >= 0.3 is 0 Å². The van der Waals surface area contributed by atoms with E-state index in [9.17, 15) is 0 Å². The maximum absolute atomic E-state index is 4.78. The lowest BCUT2D eigenvalue weighted by molar-refractivity contribution is 1.41. The van der Waals surface area contributed by atoms with Crippen LogP contribution in [-0.2, 0) is 0 Å². The summed E-state index contributed by atoms with van der Waals surface area (Å²) in [5, 5.41) is 1.25. The topological polar surface area (TPSA) is 25.8 Å². The van der Waals surface area contributed by atoms with Crippen molar-refractivity contribution in [2.75, 3.05) is 0 Å². The van der Waals surface area contributed by atoms with Crippen LogP contribution in [0.15, 0.2) is 54.2 Å². The summed E-state index contributed by atoms with van der Waals surface area (Å²) in [6.45, 7) is 0. The average molecular weight is 246 g/mol. The molecule has 2 nitrogen and oxygen atoms in total. The Morgan fingerprint density at radius 2 is 1.56 bits per heavy atom. The molecule has 0 saturated carbocycles.